The summed E-state index contributed by atoms with van der Waals surface area (Å²) in [4.78, 5) is 13.2. The van der Waals surface area contributed by atoms with Gasteiger partial charge in [0.25, 0.3) is 5.91 Å². The first kappa shape index (κ1) is 19.8. The third kappa shape index (κ3) is 4.33. The van der Waals surface area contributed by atoms with Gasteiger partial charge in [-0.05, 0) is 17.7 Å². The first-order chi connectivity index (χ1) is 15.8. The summed E-state index contributed by atoms with van der Waals surface area (Å²) in [6.45, 7) is 0. The Bertz CT molecular complexity index is 1330. The van der Waals surface area contributed by atoms with Crippen LogP contribution in [0.1, 0.15) is 20.9 Å². The van der Waals surface area contributed by atoms with E-state index in [1.807, 2.05) is 91.0 Å². The number of benzene rings is 3. The van der Waals surface area contributed by atoms with Crippen LogP contribution in [0.5, 0.6) is 0 Å². The summed E-state index contributed by atoms with van der Waals surface area (Å²) in [5, 5.41) is 17.3. The van der Waals surface area contributed by atoms with E-state index in [0.717, 1.165) is 21.8 Å². The first-order valence-corrected chi connectivity index (χ1v) is 11.0. The Morgan fingerprint density at radius 1 is 0.844 bits per heavy atom. The maximum absolute atomic E-state index is 13.2. The molecule has 0 bridgehead atoms. The second-order valence-electron chi connectivity index (χ2n) is 7.15. The molecule has 0 saturated carbocycles. The van der Waals surface area contributed by atoms with E-state index < -0.39 is 0 Å². The zero-order chi connectivity index (χ0) is 21.8. The van der Waals surface area contributed by atoms with Crippen molar-refractivity contribution in [3.05, 3.63) is 113 Å². The van der Waals surface area contributed by atoms with E-state index in [-0.39, 0.29) is 5.91 Å². The molecule has 0 saturated heterocycles. The highest BCUT2D eigenvalue weighted by Crippen LogP contribution is 2.25. The van der Waals surface area contributed by atoms with E-state index >= 15 is 0 Å². The van der Waals surface area contributed by atoms with Crippen molar-refractivity contribution in [1.82, 2.24) is 20.0 Å². The molecular weight excluding hydrogens is 418 g/mol. The fraction of sp³-hybridized carbons (Fsp3) is 0.0400. The second kappa shape index (κ2) is 8.95. The van der Waals surface area contributed by atoms with E-state index in [1.165, 1.54) is 11.3 Å². The molecule has 1 N–H and O–H groups in total. The van der Waals surface area contributed by atoms with Crippen molar-refractivity contribution in [2.24, 2.45) is 0 Å². The van der Waals surface area contributed by atoms with Crippen LogP contribution in [0.4, 0.5) is 5.13 Å². The van der Waals surface area contributed by atoms with Crippen molar-refractivity contribution in [3.63, 3.8) is 0 Å². The Hall–Kier alpha value is -4.10. The number of para-hydroxylation sites is 1. The molecule has 156 valence electrons. The molecule has 0 unspecified atom stereocenters. The summed E-state index contributed by atoms with van der Waals surface area (Å²) < 4.78 is 1.72. The summed E-state index contributed by atoms with van der Waals surface area (Å²) in [7, 11) is 0. The molecule has 2 aromatic heterocycles. The number of anilines is 1. The van der Waals surface area contributed by atoms with Crippen LogP contribution in [0.25, 0.3) is 16.9 Å². The molecule has 0 fully saturated rings. The summed E-state index contributed by atoms with van der Waals surface area (Å²) in [5.74, 6) is -0.270. The zero-order valence-electron chi connectivity index (χ0n) is 17.1. The topological polar surface area (TPSA) is 72.7 Å². The van der Waals surface area contributed by atoms with Gasteiger partial charge in [-0.15, -0.1) is 10.2 Å². The Kier molecular flexibility index (Phi) is 5.55. The highest BCUT2D eigenvalue weighted by molar-refractivity contribution is 7.15. The Morgan fingerprint density at radius 2 is 1.50 bits per heavy atom. The standard InChI is InChI=1S/C25H19N5OS/c31-24(26-25-28-27-22(32-25)16-18-10-4-1-5-11-18)21-17-30(20-14-8-3-9-15-20)29-23(21)19-12-6-2-7-13-19/h1-15,17H,16H2,(H,26,28,31). The maximum Gasteiger partial charge on any atom is 0.261 e. The maximum atomic E-state index is 13.2. The van der Waals surface area contributed by atoms with Crippen molar-refractivity contribution < 1.29 is 4.79 Å². The third-order valence-corrected chi connectivity index (χ3v) is 5.75. The van der Waals surface area contributed by atoms with Crippen LogP contribution >= 0.6 is 11.3 Å². The molecule has 32 heavy (non-hydrogen) atoms. The lowest BCUT2D eigenvalue weighted by molar-refractivity contribution is 0.102. The fourth-order valence-corrected chi connectivity index (χ4v) is 4.14. The predicted octanol–water partition coefficient (Wildman–Crippen LogP) is 5.23. The van der Waals surface area contributed by atoms with Gasteiger partial charge in [-0.2, -0.15) is 5.10 Å². The van der Waals surface area contributed by atoms with Gasteiger partial charge < -0.3 is 0 Å². The molecule has 1 amide bonds. The van der Waals surface area contributed by atoms with E-state index in [1.54, 1.807) is 10.9 Å². The summed E-state index contributed by atoms with van der Waals surface area (Å²) in [5.41, 5.74) is 3.98. The average Bonchev–Trinajstić information content (AvgIpc) is 3.48. The van der Waals surface area contributed by atoms with Crippen molar-refractivity contribution in [3.8, 4) is 16.9 Å². The van der Waals surface area contributed by atoms with Crippen LogP contribution in [-0.4, -0.2) is 25.9 Å². The number of aromatic nitrogens is 4. The minimum atomic E-state index is -0.270. The number of hydrogen-bond donors (Lipinski definition) is 1. The summed E-state index contributed by atoms with van der Waals surface area (Å²) in [6, 6.07) is 29.5. The van der Waals surface area contributed by atoms with Crippen molar-refractivity contribution in [2.45, 2.75) is 6.42 Å². The number of rotatable bonds is 6. The van der Waals surface area contributed by atoms with Gasteiger partial charge in [-0.25, -0.2) is 4.68 Å². The van der Waals surface area contributed by atoms with Crippen LogP contribution in [-0.2, 0) is 6.42 Å². The molecule has 0 atom stereocenters. The summed E-state index contributed by atoms with van der Waals surface area (Å²) in [6.07, 6.45) is 2.43. The number of carbonyl (C=O) groups is 1. The van der Waals surface area contributed by atoms with Crippen LogP contribution in [0, 0.1) is 0 Å². The molecule has 0 radical (unpaired) electrons. The molecule has 0 spiro atoms. The first-order valence-electron chi connectivity index (χ1n) is 10.1. The van der Waals surface area contributed by atoms with Gasteiger partial charge >= 0.3 is 0 Å². The largest absolute Gasteiger partial charge is 0.296 e. The number of nitrogens with one attached hydrogen (secondary N) is 1. The van der Waals surface area contributed by atoms with E-state index in [4.69, 9.17) is 5.10 Å². The fourth-order valence-electron chi connectivity index (χ4n) is 3.37. The van der Waals surface area contributed by atoms with Gasteiger partial charge in [0.15, 0.2) is 0 Å². The number of carbonyl (C=O) groups excluding carboxylic acids is 1. The normalized spacial score (nSPS) is 10.8. The van der Waals surface area contributed by atoms with Crippen LogP contribution < -0.4 is 5.32 Å². The lowest BCUT2D eigenvalue weighted by atomic mass is 10.1. The highest BCUT2D eigenvalue weighted by Gasteiger charge is 2.20. The zero-order valence-corrected chi connectivity index (χ0v) is 17.9. The van der Waals surface area contributed by atoms with E-state index in [9.17, 15) is 4.79 Å². The minimum Gasteiger partial charge on any atom is -0.296 e. The predicted molar refractivity (Wildman–Crippen MR) is 126 cm³/mol. The molecule has 5 rings (SSSR count). The van der Waals surface area contributed by atoms with Gasteiger partial charge in [0, 0.05) is 18.2 Å². The quantitative estimate of drug-likeness (QED) is 0.395. The van der Waals surface area contributed by atoms with E-state index in [2.05, 4.69) is 15.5 Å². The lowest BCUT2D eigenvalue weighted by Crippen LogP contribution is -2.12. The van der Waals surface area contributed by atoms with Crippen LogP contribution in [0.2, 0.25) is 0 Å². The Balaban J connectivity index is 1.42. The Labute approximate surface area is 189 Å². The molecule has 0 aliphatic rings. The Morgan fingerprint density at radius 3 is 2.22 bits per heavy atom. The SMILES string of the molecule is O=C(Nc1nnc(Cc2ccccc2)s1)c1cn(-c2ccccc2)nc1-c1ccccc1. The van der Waals surface area contributed by atoms with Gasteiger partial charge in [0.05, 0.1) is 11.3 Å². The van der Waals surface area contributed by atoms with Gasteiger partial charge in [-0.3, -0.25) is 10.1 Å². The summed E-state index contributed by atoms with van der Waals surface area (Å²) >= 11 is 1.37. The number of hydrogen-bond acceptors (Lipinski definition) is 5. The van der Waals surface area contributed by atoms with Crippen LogP contribution in [0.15, 0.2) is 97.2 Å². The van der Waals surface area contributed by atoms with Crippen molar-refractivity contribution >= 4 is 22.4 Å². The monoisotopic (exact) mass is 437 g/mol. The highest BCUT2D eigenvalue weighted by atomic mass is 32.1. The van der Waals surface area contributed by atoms with Gasteiger partial charge in [0.2, 0.25) is 5.13 Å². The number of nitrogens with zero attached hydrogens (tertiary/aromatic N) is 4. The molecular formula is C25H19N5OS. The molecule has 6 nitrogen and oxygen atoms in total. The molecule has 5 aromatic rings. The van der Waals surface area contributed by atoms with Crippen molar-refractivity contribution in [1.29, 1.82) is 0 Å². The average molecular weight is 438 g/mol. The molecule has 0 aliphatic heterocycles. The lowest BCUT2D eigenvalue weighted by Gasteiger charge is -2.02. The second-order valence-corrected chi connectivity index (χ2v) is 8.22. The minimum absolute atomic E-state index is 0.270. The smallest absolute Gasteiger partial charge is 0.261 e. The van der Waals surface area contributed by atoms with Crippen LogP contribution in [0.3, 0.4) is 0 Å². The van der Waals surface area contributed by atoms with Gasteiger partial charge in [0.1, 0.15) is 10.7 Å². The third-order valence-electron chi connectivity index (χ3n) is 4.91. The molecule has 7 heteroatoms. The van der Waals surface area contributed by atoms with E-state index in [0.29, 0.717) is 22.8 Å². The molecule has 2 heterocycles. The van der Waals surface area contributed by atoms with Gasteiger partial charge in [-0.1, -0.05) is 90.2 Å². The van der Waals surface area contributed by atoms with Crippen molar-refractivity contribution in [2.75, 3.05) is 5.32 Å². The molecule has 3 aromatic carbocycles. The number of amides is 1. The molecule has 0 aliphatic carbocycles.